The molecule has 0 bridgehead atoms. The molecule has 0 radical (unpaired) electrons. The summed E-state index contributed by atoms with van der Waals surface area (Å²) >= 11 is 0. The Morgan fingerprint density at radius 3 is 1.54 bits per heavy atom. The van der Waals surface area contributed by atoms with E-state index in [0.717, 1.165) is 0 Å². The molecule has 0 aromatic heterocycles. The third-order valence-corrected chi connectivity index (χ3v) is 3.18. The molecular formula is C23H38O. The summed E-state index contributed by atoms with van der Waals surface area (Å²) in [5.41, 5.74) is 2.87. The lowest BCUT2D eigenvalue weighted by Gasteiger charge is -2.18. The normalized spacial score (nSPS) is 9.58. The largest absolute Gasteiger partial charge is 0.508 e. The summed E-state index contributed by atoms with van der Waals surface area (Å²) in [6.07, 6.45) is 0. The third-order valence-electron chi connectivity index (χ3n) is 3.18. The van der Waals surface area contributed by atoms with Crippen LogP contribution in [0.3, 0.4) is 0 Å². The first-order chi connectivity index (χ1) is 11.3. The molecule has 1 heteroatoms. The maximum atomic E-state index is 9.06. The van der Waals surface area contributed by atoms with E-state index < -0.39 is 0 Å². The van der Waals surface area contributed by atoms with Gasteiger partial charge in [0, 0.05) is 0 Å². The molecule has 0 unspecified atom stereocenters. The molecule has 2 rings (SSSR count). The number of rotatable bonds is 1. The molecule has 0 saturated carbocycles. The second-order valence-electron chi connectivity index (χ2n) is 6.37. The Balaban J connectivity index is 0. The minimum Gasteiger partial charge on any atom is -0.508 e. The zero-order chi connectivity index (χ0) is 19.2. The molecule has 0 fully saturated rings. The van der Waals surface area contributed by atoms with E-state index in [4.69, 9.17) is 5.11 Å². The van der Waals surface area contributed by atoms with Crippen molar-refractivity contribution in [1.29, 1.82) is 0 Å². The number of phenolic OH excluding ortho intramolecular Hbond substituents is 1. The van der Waals surface area contributed by atoms with Gasteiger partial charge in [0.05, 0.1) is 0 Å². The lowest BCUT2D eigenvalue weighted by Crippen LogP contribution is -2.10. The number of hydrogen-bond acceptors (Lipinski definition) is 1. The molecule has 0 aliphatic rings. The van der Waals surface area contributed by atoms with E-state index >= 15 is 0 Å². The SMILES string of the molecule is CC.CC.CC(C)(C)c1ccccc1.CC(C)c1cccc(O)c1. The standard InChI is InChI=1S/C10H14.C9H12O.2C2H6/c1-10(2,3)9-7-5-4-6-8-9;1-7(2)8-4-3-5-9(10)6-8;2*1-2/h4-8H,1-3H3;3-7,10H,1-2H3;2*1-2H3. The van der Waals surface area contributed by atoms with Crippen LogP contribution in [0.2, 0.25) is 0 Å². The number of benzene rings is 2. The average molecular weight is 331 g/mol. The van der Waals surface area contributed by atoms with Gasteiger partial charge < -0.3 is 5.11 Å². The number of aromatic hydroxyl groups is 1. The van der Waals surface area contributed by atoms with Gasteiger partial charge in [-0.15, -0.1) is 0 Å². The summed E-state index contributed by atoms with van der Waals surface area (Å²) in [6, 6.07) is 17.9. The van der Waals surface area contributed by atoms with E-state index in [0.29, 0.717) is 17.1 Å². The third kappa shape index (κ3) is 10.9. The molecule has 0 aliphatic heterocycles. The van der Waals surface area contributed by atoms with Crippen LogP contribution in [0, 0.1) is 0 Å². The van der Waals surface area contributed by atoms with Crippen molar-refractivity contribution in [2.24, 2.45) is 0 Å². The van der Waals surface area contributed by atoms with E-state index in [1.165, 1.54) is 11.1 Å². The molecule has 0 aliphatic carbocycles. The topological polar surface area (TPSA) is 20.2 Å². The summed E-state index contributed by atoms with van der Waals surface area (Å²) in [5, 5.41) is 9.06. The monoisotopic (exact) mass is 330 g/mol. The van der Waals surface area contributed by atoms with Gasteiger partial charge in [-0.2, -0.15) is 0 Å². The predicted octanol–water partition coefficient (Wildman–Crippen LogP) is 7.55. The van der Waals surface area contributed by atoms with Crippen molar-refractivity contribution in [1.82, 2.24) is 0 Å². The van der Waals surface area contributed by atoms with Crippen molar-refractivity contribution in [2.45, 2.75) is 73.6 Å². The highest BCUT2D eigenvalue weighted by atomic mass is 16.3. The molecule has 0 spiro atoms. The fraction of sp³-hybridized carbons (Fsp3) is 0.478. The molecule has 2 aromatic rings. The summed E-state index contributed by atoms with van der Waals surface area (Å²) < 4.78 is 0. The second kappa shape index (κ2) is 13.7. The fourth-order valence-corrected chi connectivity index (χ4v) is 1.82. The van der Waals surface area contributed by atoms with Gasteiger partial charge >= 0.3 is 0 Å². The van der Waals surface area contributed by atoms with Gasteiger partial charge in [0.2, 0.25) is 0 Å². The molecule has 136 valence electrons. The summed E-state index contributed by atoms with van der Waals surface area (Å²) in [6.45, 7) is 18.9. The molecular weight excluding hydrogens is 292 g/mol. The van der Waals surface area contributed by atoms with Crippen LogP contribution in [-0.4, -0.2) is 5.11 Å². The molecule has 0 atom stereocenters. The molecule has 0 saturated heterocycles. The van der Waals surface area contributed by atoms with E-state index in [2.05, 4.69) is 65.0 Å². The smallest absolute Gasteiger partial charge is 0.115 e. The average Bonchev–Trinajstić information content (AvgIpc) is 2.59. The van der Waals surface area contributed by atoms with Crippen molar-refractivity contribution < 1.29 is 5.11 Å². The highest BCUT2D eigenvalue weighted by Gasteiger charge is 2.11. The maximum Gasteiger partial charge on any atom is 0.115 e. The van der Waals surface area contributed by atoms with Crippen molar-refractivity contribution in [3.63, 3.8) is 0 Å². The Kier molecular flexibility index (Phi) is 13.9. The van der Waals surface area contributed by atoms with Crippen LogP contribution in [0.1, 0.15) is 79.4 Å². The van der Waals surface area contributed by atoms with E-state index in [1.54, 1.807) is 12.1 Å². The van der Waals surface area contributed by atoms with Gasteiger partial charge in [0.1, 0.15) is 5.75 Å². The summed E-state index contributed by atoms with van der Waals surface area (Å²) in [5.74, 6) is 0.846. The Bertz CT molecular complexity index is 507. The van der Waals surface area contributed by atoms with Gasteiger partial charge in [-0.05, 0) is 34.6 Å². The lowest BCUT2D eigenvalue weighted by atomic mass is 9.87. The molecule has 0 heterocycles. The minimum absolute atomic E-state index is 0.293. The van der Waals surface area contributed by atoms with E-state index in [1.807, 2.05) is 39.8 Å². The zero-order valence-corrected chi connectivity index (χ0v) is 17.2. The summed E-state index contributed by atoms with van der Waals surface area (Å²) in [7, 11) is 0. The second-order valence-corrected chi connectivity index (χ2v) is 6.37. The number of phenols is 1. The minimum atomic E-state index is 0.293. The van der Waals surface area contributed by atoms with E-state index in [9.17, 15) is 0 Å². The van der Waals surface area contributed by atoms with Gasteiger partial charge in [0.25, 0.3) is 0 Å². The van der Waals surface area contributed by atoms with Crippen molar-refractivity contribution in [3.05, 3.63) is 65.7 Å². The molecule has 0 amide bonds. The van der Waals surface area contributed by atoms with Gasteiger partial charge in [-0.1, -0.05) is 105 Å². The Morgan fingerprint density at radius 2 is 1.25 bits per heavy atom. The quantitative estimate of drug-likeness (QED) is 0.572. The van der Waals surface area contributed by atoms with Crippen LogP contribution in [0.15, 0.2) is 54.6 Å². The Labute approximate surface area is 150 Å². The van der Waals surface area contributed by atoms with Crippen LogP contribution >= 0.6 is 0 Å². The van der Waals surface area contributed by atoms with Crippen LogP contribution in [0.5, 0.6) is 5.75 Å². The molecule has 1 N–H and O–H groups in total. The van der Waals surface area contributed by atoms with Crippen LogP contribution in [0.4, 0.5) is 0 Å². The first-order valence-corrected chi connectivity index (χ1v) is 9.15. The summed E-state index contributed by atoms with van der Waals surface area (Å²) in [4.78, 5) is 0. The maximum absolute atomic E-state index is 9.06. The van der Waals surface area contributed by atoms with Gasteiger partial charge in [-0.25, -0.2) is 0 Å². The molecule has 1 nitrogen and oxygen atoms in total. The highest BCUT2D eigenvalue weighted by molar-refractivity contribution is 5.28. The Morgan fingerprint density at radius 1 is 0.750 bits per heavy atom. The van der Waals surface area contributed by atoms with Gasteiger partial charge in [0.15, 0.2) is 0 Å². The fourth-order valence-electron chi connectivity index (χ4n) is 1.82. The Hall–Kier alpha value is -1.76. The van der Waals surface area contributed by atoms with E-state index in [-0.39, 0.29) is 0 Å². The highest BCUT2D eigenvalue weighted by Crippen LogP contribution is 2.20. The number of hydrogen-bond donors (Lipinski definition) is 1. The van der Waals surface area contributed by atoms with Crippen molar-refractivity contribution >= 4 is 0 Å². The van der Waals surface area contributed by atoms with Crippen LogP contribution in [0.25, 0.3) is 0 Å². The molecule has 2 aromatic carbocycles. The lowest BCUT2D eigenvalue weighted by molar-refractivity contribution is 0.474. The van der Waals surface area contributed by atoms with Gasteiger partial charge in [-0.3, -0.25) is 0 Å². The van der Waals surface area contributed by atoms with Crippen LogP contribution in [-0.2, 0) is 5.41 Å². The molecule has 24 heavy (non-hydrogen) atoms. The first-order valence-electron chi connectivity index (χ1n) is 9.15. The van der Waals surface area contributed by atoms with Crippen LogP contribution < -0.4 is 0 Å². The first kappa shape index (κ1) is 24.5. The predicted molar refractivity (Wildman–Crippen MR) is 110 cm³/mol. The zero-order valence-electron chi connectivity index (χ0n) is 17.2. The van der Waals surface area contributed by atoms with Crippen molar-refractivity contribution in [3.8, 4) is 5.75 Å². The van der Waals surface area contributed by atoms with Crippen molar-refractivity contribution in [2.75, 3.05) is 0 Å².